The Morgan fingerprint density at radius 2 is 2.07 bits per heavy atom. The Morgan fingerprint density at radius 3 is 2.73 bits per heavy atom. The van der Waals surface area contributed by atoms with E-state index in [9.17, 15) is 13.2 Å². The zero-order valence-electron chi connectivity index (χ0n) is 7.01. The minimum Gasteiger partial charge on any atom is -0.229 e. The summed E-state index contributed by atoms with van der Waals surface area (Å²) in [6, 6.07) is 4.71. The normalized spacial score (nSPS) is 12.3. The number of rotatable bonds is 1. The van der Waals surface area contributed by atoms with Crippen LogP contribution in [-0.4, -0.2) is 10.5 Å². The molecule has 0 unspecified atom stereocenters. The smallest absolute Gasteiger partial charge is 0.229 e. The highest BCUT2D eigenvalue weighted by atomic mass is 79.9. The largest absolute Gasteiger partial charge is 0.446 e. The van der Waals surface area contributed by atoms with Gasteiger partial charge in [0, 0.05) is 4.90 Å². The molecule has 1 heterocycles. The monoisotopic (exact) mass is 313 g/mol. The van der Waals surface area contributed by atoms with Crippen LogP contribution in [0.3, 0.4) is 0 Å². The van der Waals surface area contributed by atoms with Crippen molar-refractivity contribution in [2.45, 2.75) is 10.4 Å². The van der Waals surface area contributed by atoms with Gasteiger partial charge in [-0.15, -0.1) is 11.3 Å². The van der Waals surface area contributed by atoms with Crippen LogP contribution in [-0.2, 0) is 0 Å². The van der Waals surface area contributed by atoms with Crippen LogP contribution in [0.15, 0.2) is 27.0 Å². The summed E-state index contributed by atoms with van der Waals surface area (Å²) < 4.78 is 37.8. The van der Waals surface area contributed by atoms with Crippen molar-refractivity contribution in [1.29, 1.82) is 0 Å². The van der Waals surface area contributed by atoms with E-state index in [-0.39, 0.29) is 16.7 Å². The third-order valence-electron chi connectivity index (χ3n) is 1.58. The molecule has 0 saturated carbocycles. The van der Waals surface area contributed by atoms with Crippen LogP contribution in [0.1, 0.15) is 0 Å². The van der Waals surface area contributed by atoms with Gasteiger partial charge in [-0.25, -0.2) is 4.98 Å². The van der Waals surface area contributed by atoms with E-state index < -0.39 is 5.51 Å². The fourth-order valence-electron chi connectivity index (χ4n) is 1.10. The Hall–Kier alpha value is -0.270. The van der Waals surface area contributed by atoms with Crippen molar-refractivity contribution in [2.75, 3.05) is 0 Å². The molecule has 0 aliphatic heterocycles. The van der Waals surface area contributed by atoms with Gasteiger partial charge in [-0.3, -0.25) is 0 Å². The summed E-state index contributed by atoms with van der Waals surface area (Å²) in [4.78, 5) is 4.26. The second-order valence-corrected chi connectivity index (χ2v) is 6.00. The topological polar surface area (TPSA) is 12.9 Å². The molecule has 80 valence electrons. The van der Waals surface area contributed by atoms with E-state index in [1.807, 2.05) is 0 Å². The van der Waals surface area contributed by atoms with Gasteiger partial charge in [0.05, 0.1) is 10.2 Å². The maximum Gasteiger partial charge on any atom is 0.446 e. The molecule has 2 aromatic rings. The number of alkyl halides is 3. The zero-order chi connectivity index (χ0) is 11.1. The molecule has 1 nitrogen and oxygen atoms in total. The van der Waals surface area contributed by atoms with Crippen molar-refractivity contribution in [3.05, 3.63) is 22.1 Å². The highest BCUT2D eigenvalue weighted by molar-refractivity contribution is 9.11. The van der Waals surface area contributed by atoms with Crippen molar-refractivity contribution < 1.29 is 13.2 Å². The van der Waals surface area contributed by atoms with E-state index in [1.54, 1.807) is 12.1 Å². The lowest BCUT2D eigenvalue weighted by molar-refractivity contribution is -0.0327. The molecule has 1 aromatic heterocycles. The first-order valence-corrected chi connectivity index (χ1v) is 6.19. The number of thiazole rings is 1. The van der Waals surface area contributed by atoms with Gasteiger partial charge < -0.3 is 0 Å². The van der Waals surface area contributed by atoms with Crippen LogP contribution in [0, 0.1) is 0 Å². The van der Waals surface area contributed by atoms with Crippen molar-refractivity contribution in [3.63, 3.8) is 0 Å². The summed E-state index contributed by atoms with van der Waals surface area (Å²) in [6.07, 6.45) is 0. The van der Waals surface area contributed by atoms with E-state index >= 15 is 0 Å². The predicted molar refractivity (Wildman–Crippen MR) is 59.2 cm³/mol. The molecular formula is C8H3BrF3NS2. The molecule has 0 N–H and O–H groups in total. The summed E-state index contributed by atoms with van der Waals surface area (Å²) in [5, 5.41) is 0. The number of fused-ring (bicyclic) bond motifs is 1. The van der Waals surface area contributed by atoms with Crippen molar-refractivity contribution >= 4 is 49.2 Å². The van der Waals surface area contributed by atoms with Crippen LogP contribution >= 0.6 is 39.0 Å². The molecule has 0 aliphatic rings. The third-order valence-corrected chi connectivity index (χ3v) is 4.06. The first-order chi connectivity index (χ1) is 6.96. The van der Waals surface area contributed by atoms with Gasteiger partial charge in [0.15, 0.2) is 3.92 Å². The van der Waals surface area contributed by atoms with Crippen LogP contribution < -0.4 is 0 Å². The number of aromatic nitrogens is 1. The Morgan fingerprint density at radius 1 is 1.33 bits per heavy atom. The lowest BCUT2D eigenvalue weighted by atomic mass is 10.3. The second-order valence-electron chi connectivity index (χ2n) is 2.62. The Kier molecular flexibility index (Phi) is 2.96. The molecule has 0 fully saturated rings. The molecule has 2 rings (SSSR count). The Balaban J connectivity index is 2.51. The average Bonchev–Trinajstić information content (AvgIpc) is 2.43. The minimum atomic E-state index is -4.26. The molecule has 0 atom stereocenters. The summed E-state index contributed by atoms with van der Waals surface area (Å²) >= 11 is 4.25. The lowest BCUT2D eigenvalue weighted by Gasteiger charge is -2.05. The quantitative estimate of drug-likeness (QED) is 0.709. The molecule has 0 bridgehead atoms. The SMILES string of the molecule is FC(F)(F)Sc1cccc2nc(Br)sc12. The number of hydrogen-bond acceptors (Lipinski definition) is 3. The zero-order valence-corrected chi connectivity index (χ0v) is 10.2. The number of thioether (sulfide) groups is 1. The molecule has 7 heteroatoms. The first-order valence-electron chi connectivity index (χ1n) is 3.76. The van der Waals surface area contributed by atoms with Crippen molar-refractivity contribution in [1.82, 2.24) is 4.98 Å². The summed E-state index contributed by atoms with van der Waals surface area (Å²) in [5.74, 6) is 0. The summed E-state index contributed by atoms with van der Waals surface area (Å²) in [7, 11) is 0. The maximum absolute atomic E-state index is 12.2. The van der Waals surface area contributed by atoms with E-state index in [4.69, 9.17) is 0 Å². The fraction of sp³-hybridized carbons (Fsp3) is 0.125. The van der Waals surface area contributed by atoms with Gasteiger partial charge in [0.1, 0.15) is 0 Å². The lowest BCUT2D eigenvalue weighted by Crippen LogP contribution is -1.98. The van der Waals surface area contributed by atoms with Gasteiger partial charge in [0.2, 0.25) is 0 Å². The number of nitrogens with zero attached hydrogens (tertiary/aromatic N) is 1. The van der Waals surface area contributed by atoms with E-state index in [0.717, 1.165) is 0 Å². The van der Waals surface area contributed by atoms with Gasteiger partial charge in [0.25, 0.3) is 0 Å². The fourth-order valence-corrected chi connectivity index (χ4v) is 3.32. The highest BCUT2D eigenvalue weighted by Gasteiger charge is 2.30. The third kappa shape index (κ3) is 2.64. The van der Waals surface area contributed by atoms with Crippen molar-refractivity contribution in [3.8, 4) is 0 Å². The Labute approximate surface area is 99.8 Å². The second kappa shape index (κ2) is 3.95. The minimum absolute atomic E-state index is 0.107. The Bertz CT molecular complexity index is 494. The molecule has 0 spiro atoms. The first kappa shape index (κ1) is 11.2. The van der Waals surface area contributed by atoms with Crippen LogP contribution in [0.2, 0.25) is 0 Å². The highest BCUT2D eigenvalue weighted by Crippen LogP contribution is 2.42. The van der Waals surface area contributed by atoms with Gasteiger partial charge in [-0.1, -0.05) is 6.07 Å². The maximum atomic E-state index is 12.2. The average molecular weight is 314 g/mol. The van der Waals surface area contributed by atoms with Gasteiger partial charge >= 0.3 is 5.51 Å². The van der Waals surface area contributed by atoms with E-state index in [1.165, 1.54) is 17.4 Å². The number of halogens is 4. The summed E-state index contributed by atoms with van der Waals surface area (Å²) in [6.45, 7) is 0. The molecule has 0 radical (unpaired) electrons. The van der Waals surface area contributed by atoms with E-state index in [2.05, 4.69) is 20.9 Å². The molecular weight excluding hydrogens is 311 g/mol. The molecule has 0 saturated heterocycles. The molecule has 0 aliphatic carbocycles. The van der Waals surface area contributed by atoms with Crippen LogP contribution in [0.5, 0.6) is 0 Å². The van der Waals surface area contributed by atoms with Crippen molar-refractivity contribution in [2.24, 2.45) is 0 Å². The number of hydrogen-bond donors (Lipinski definition) is 0. The predicted octanol–water partition coefficient (Wildman–Crippen LogP) is 4.67. The van der Waals surface area contributed by atoms with Crippen LogP contribution in [0.4, 0.5) is 13.2 Å². The van der Waals surface area contributed by atoms with Crippen LogP contribution in [0.25, 0.3) is 10.2 Å². The van der Waals surface area contributed by atoms with Gasteiger partial charge in [-0.2, -0.15) is 13.2 Å². The number of benzene rings is 1. The van der Waals surface area contributed by atoms with E-state index in [0.29, 0.717) is 14.1 Å². The molecule has 15 heavy (non-hydrogen) atoms. The standard InChI is InChI=1S/C8H3BrF3NS2/c9-7-13-4-2-1-3-5(6(4)14-7)15-8(10,11)12/h1-3H. The molecule has 0 amide bonds. The molecule has 1 aromatic carbocycles. The van der Waals surface area contributed by atoms with Gasteiger partial charge in [-0.05, 0) is 39.8 Å². The summed E-state index contributed by atoms with van der Waals surface area (Å²) in [5.41, 5.74) is -3.67.